The average molecular weight is 412 g/mol. The van der Waals surface area contributed by atoms with Gasteiger partial charge >= 0.3 is 0 Å². The van der Waals surface area contributed by atoms with Gasteiger partial charge < -0.3 is 4.74 Å². The average Bonchev–Trinajstić information content (AvgIpc) is 3.00. The van der Waals surface area contributed by atoms with E-state index in [1.54, 1.807) is 13.2 Å². The van der Waals surface area contributed by atoms with Gasteiger partial charge in [-0.25, -0.2) is 4.98 Å². The third-order valence-electron chi connectivity index (χ3n) is 4.21. The van der Waals surface area contributed by atoms with E-state index in [9.17, 15) is 4.39 Å². The van der Waals surface area contributed by atoms with Crippen molar-refractivity contribution < 1.29 is 9.13 Å². The zero-order valence-corrected chi connectivity index (χ0v) is 15.6. The second kappa shape index (κ2) is 6.88. The highest BCUT2D eigenvalue weighted by Crippen LogP contribution is 2.30. The van der Waals surface area contributed by atoms with Gasteiger partial charge in [0.25, 0.3) is 0 Å². The Labute approximate surface area is 158 Å². The van der Waals surface area contributed by atoms with Crippen LogP contribution < -0.4 is 4.74 Å². The third-order valence-corrected chi connectivity index (χ3v) is 4.70. The highest BCUT2D eigenvalue weighted by Gasteiger charge is 2.14. The highest BCUT2D eigenvalue weighted by atomic mass is 79.9. The van der Waals surface area contributed by atoms with Gasteiger partial charge in [-0.15, -0.1) is 0 Å². The van der Waals surface area contributed by atoms with Crippen molar-refractivity contribution in [3.63, 3.8) is 0 Å². The molecule has 2 aromatic heterocycles. The van der Waals surface area contributed by atoms with Crippen LogP contribution in [0.5, 0.6) is 5.75 Å². The molecule has 0 radical (unpaired) electrons. The maximum absolute atomic E-state index is 13.6. The molecule has 0 saturated heterocycles. The fourth-order valence-electron chi connectivity index (χ4n) is 2.93. The quantitative estimate of drug-likeness (QED) is 0.440. The first-order valence-electron chi connectivity index (χ1n) is 8.05. The van der Waals surface area contributed by atoms with Crippen molar-refractivity contribution >= 4 is 26.8 Å². The number of pyridine rings is 1. The predicted octanol–water partition coefficient (Wildman–Crippen LogP) is 5.06. The Hall–Kier alpha value is -2.73. The molecular weight excluding hydrogens is 397 g/mol. The first kappa shape index (κ1) is 16.7. The molecule has 0 N–H and O–H groups in total. The molecule has 4 rings (SSSR count). The Morgan fingerprint density at radius 1 is 1.08 bits per heavy atom. The van der Waals surface area contributed by atoms with Gasteiger partial charge in [0.05, 0.1) is 19.2 Å². The molecule has 0 unspecified atom stereocenters. The van der Waals surface area contributed by atoms with Crippen molar-refractivity contribution in [2.45, 2.75) is 6.54 Å². The summed E-state index contributed by atoms with van der Waals surface area (Å²) >= 11 is 3.52. The van der Waals surface area contributed by atoms with Crippen LogP contribution in [0.4, 0.5) is 4.39 Å². The van der Waals surface area contributed by atoms with Crippen LogP contribution >= 0.6 is 15.9 Å². The monoisotopic (exact) mass is 411 g/mol. The van der Waals surface area contributed by atoms with Crippen LogP contribution in [0.1, 0.15) is 5.56 Å². The molecule has 2 aromatic carbocycles. The van der Waals surface area contributed by atoms with E-state index in [4.69, 9.17) is 9.84 Å². The number of benzene rings is 2. The number of rotatable bonds is 4. The topological polar surface area (TPSA) is 39.9 Å². The Kier molecular flexibility index (Phi) is 4.42. The van der Waals surface area contributed by atoms with Crippen LogP contribution in [-0.4, -0.2) is 21.9 Å². The molecule has 0 atom stereocenters. The van der Waals surface area contributed by atoms with Crippen molar-refractivity contribution in [3.05, 3.63) is 76.8 Å². The minimum absolute atomic E-state index is 0.516. The zero-order valence-electron chi connectivity index (χ0n) is 14.0. The number of fused-ring (bicyclic) bond motifs is 1. The van der Waals surface area contributed by atoms with Gasteiger partial charge in [-0.2, -0.15) is 9.49 Å². The molecule has 0 aliphatic rings. The molecule has 0 aliphatic carbocycles. The van der Waals surface area contributed by atoms with Gasteiger partial charge in [0.1, 0.15) is 11.4 Å². The molecule has 6 heteroatoms. The lowest BCUT2D eigenvalue weighted by Crippen LogP contribution is -2.02. The fourth-order valence-corrected chi connectivity index (χ4v) is 3.28. The van der Waals surface area contributed by atoms with Crippen molar-refractivity contribution in [1.82, 2.24) is 14.8 Å². The van der Waals surface area contributed by atoms with E-state index in [-0.39, 0.29) is 0 Å². The number of halogens is 2. The normalized spacial score (nSPS) is 11.0. The van der Waals surface area contributed by atoms with Gasteiger partial charge in [-0.3, -0.25) is 4.68 Å². The van der Waals surface area contributed by atoms with E-state index in [1.165, 1.54) is 12.3 Å². The summed E-state index contributed by atoms with van der Waals surface area (Å²) in [6, 6.07) is 17.0. The van der Waals surface area contributed by atoms with Crippen LogP contribution in [0.2, 0.25) is 0 Å². The Balaban J connectivity index is 1.82. The maximum atomic E-state index is 13.6. The van der Waals surface area contributed by atoms with Gasteiger partial charge in [-0.1, -0.05) is 28.1 Å². The standard InChI is InChI=1S/C20H15BrFN3O/c1-26-16-5-2-13(3-6-16)12-25-18-11-15(21)4-7-17(18)20(24-25)14-8-9-23-19(22)10-14/h2-11H,12H2,1H3. The van der Waals surface area contributed by atoms with E-state index in [2.05, 4.69) is 20.9 Å². The summed E-state index contributed by atoms with van der Waals surface area (Å²) in [6.07, 6.45) is 1.46. The summed E-state index contributed by atoms with van der Waals surface area (Å²) in [6.45, 7) is 0.602. The van der Waals surface area contributed by atoms with Gasteiger partial charge in [0.15, 0.2) is 0 Å². The Morgan fingerprint density at radius 3 is 2.62 bits per heavy atom. The lowest BCUT2D eigenvalue weighted by atomic mass is 10.1. The molecular formula is C20H15BrFN3O. The summed E-state index contributed by atoms with van der Waals surface area (Å²) in [5.41, 5.74) is 3.52. The molecule has 0 aliphatic heterocycles. The van der Waals surface area contributed by atoms with E-state index in [0.29, 0.717) is 12.1 Å². The molecule has 0 fully saturated rings. The number of aromatic nitrogens is 3. The molecule has 4 aromatic rings. The van der Waals surface area contributed by atoms with Crippen molar-refractivity contribution in [2.24, 2.45) is 0 Å². The Morgan fingerprint density at radius 2 is 1.88 bits per heavy atom. The van der Waals surface area contributed by atoms with Gasteiger partial charge in [0.2, 0.25) is 5.95 Å². The zero-order chi connectivity index (χ0) is 18.1. The Bertz CT molecular complexity index is 1080. The lowest BCUT2D eigenvalue weighted by Gasteiger charge is -2.05. The smallest absolute Gasteiger partial charge is 0.213 e. The molecule has 2 heterocycles. The minimum atomic E-state index is -0.516. The summed E-state index contributed by atoms with van der Waals surface area (Å²) in [5.74, 6) is 0.298. The van der Waals surface area contributed by atoms with E-state index in [0.717, 1.165) is 32.4 Å². The van der Waals surface area contributed by atoms with Gasteiger partial charge in [-0.05, 0) is 42.0 Å². The molecule has 0 bridgehead atoms. The van der Waals surface area contributed by atoms with Crippen molar-refractivity contribution in [1.29, 1.82) is 0 Å². The summed E-state index contributed by atoms with van der Waals surface area (Å²) in [5, 5.41) is 5.71. The predicted molar refractivity (Wildman–Crippen MR) is 103 cm³/mol. The van der Waals surface area contributed by atoms with Crippen LogP contribution in [0.15, 0.2) is 65.3 Å². The SMILES string of the molecule is COc1ccc(Cn2nc(-c3ccnc(F)c3)c3ccc(Br)cc32)cc1. The van der Waals surface area contributed by atoms with Crippen molar-refractivity contribution in [2.75, 3.05) is 7.11 Å². The highest BCUT2D eigenvalue weighted by molar-refractivity contribution is 9.10. The second-order valence-electron chi connectivity index (χ2n) is 5.88. The summed E-state index contributed by atoms with van der Waals surface area (Å²) in [7, 11) is 1.65. The fraction of sp³-hybridized carbons (Fsp3) is 0.100. The van der Waals surface area contributed by atoms with Gasteiger partial charge in [0, 0.05) is 27.7 Å². The van der Waals surface area contributed by atoms with E-state index < -0.39 is 5.95 Å². The number of nitrogens with zero attached hydrogens (tertiary/aromatic N) is 3. The number of hydrogen-bond acceptors (Lipinski definition) is 3. The van der Waals surface area contributed by atoms with E-state index >= 15 is 0 Å². The van der Waals surface area contributed by atoms with Crippen molar-refractivity contribution in [3.8, 4) is 17.0 Å². The number of ether oxygens (including phenoxy) is 1. The molecule has 130 valence electrons. The second-order valence-corrected chi connectivity index (χ2v) is 6.80. The van der Waals surface area contributed by atoms with Crippen LogP contribution in [0, 0.1) is 5.95 Å². The molecule has 4 nitrogen and oxygen atoms in total. The van der Waals surface area contributed by atoms with Crippen LogP contribution in [0.25, 0.3) is 22.2 Å². The lowest BCUT2D eigenvalue weighted by molar-refractivity contribution is 0.414. The molecule has 0 spiro atoms. The largest absolute Gasteiger partial charge is 0.497 e. The molecule has 26 heavy (non-hydrogen) atoms. The molecule has 0 amide bonds. The molecule has 0 saturated carbocycles. The van der Waals surface area contributed by atoms with E-state index in [1.807, 2.05) is 47.1 Å². The first-order valence-corrected chi connectivity index (χ1v) is 8.84. The summed E-state index contributed by atoms with van der Waals surface area (Å²) < 4.78 is 21.7. The third kappa shape index (κ3) is 3.20. The number of methoxy groups -OCH3 is 1. The van der Waals surface area contributed by atoms with Crippen LogP contribution in [-0.2, 0) is 6.54 Å². The summed E-state index contributed by atoms with van der Waals surface area (Å²) in [4.78, 5) is 3.63. The minimum Gasteiger partial charge on any atom is -0.497 e. The first-order chi connectivity index (χ1) is 12.6. The number of hydrogen-bond donors (Lipinski definition) is 0. The maximum Gasteiger partial charge on any atom is 0.213 e. The van der Waals surface area contributed by atoms with Crippen LogP contribution in [0.3, 0.4) is 0 Å².